The van der Waals surface area contributed by atoms with Crippen LogP contribution in [0.5, 0.6) is 0 Å². The first kappa shape index (κ1) is 23.6. The van der Waals surface area contributed by atoms with Gasteiger partial charge in [-0.3, -0.25) is 0 Å². The lowest BCUT2D eigenvalue weighted by molar-refractivity contribution is -0.148. The van der Waals surface area contributed by atoms with Crippen molar-refractivity contribution < 1.29 is 19.1 Å². The Hall–Kier alpha value is -2.62. The van der Waals surface area contributed by atoms with Crippen molar-refractivity contribution in [3.8, 4) is 0 Å². The van der Waals surface area contributed by atoms with E-state index in [1.165, 1.54) is 12.7 Å². The van der Waals surface area contributed by atoms with E-state index in [2.05, 4.69) is 24.5 Å². The van der Waals surface area contributed by atoms with Crippen LogP contribution in [-0.4, -0.2) is 24.6 Å². The molecule has 0 unspecified atom stereocenters. The minimum Gasteiger partial charge on any atom is -0.466 e. The minimum atomic E-state index is -0.398. The van der Waals surface area contributed by atoms with E-state index in [0.717, 1.165) is 6.08 Å². The molecule has 1 aromatic rings. The molecular formula is C20H28O4. The fourth-order valence-corrected chi connectivity index (χ4v) is 1.11. The molecule has 0 aliphatic rings. The van der Waals surface area contributed by atoms with Gasteiger partial charge in [0.1, 0.15) is 5.60 Å². The van der Waals surface area contributed by atoms with E-state index in [1.54, 1.807) is 6.92 Å². The van der Waals surface area contributed by atoms with Crippen molar-refractivity contribution in [3.05, 3.63) is 67.3 Å². The molecule has 0 fully saturated rings. The van der Waals surface area contributed by atoms with E-state index in [9.17, 15) is 9.59 Å². The molecular weight excluding hydrogens is 304 g/mol. The molecule has 132 valence electrons. The molecule has 0 heterocycles. The second kappa shape index (κ2) is 12.9. The SMILES string of the molecule is C=C(C)C(=O)OC.C=CC(=O)OC(C)(C)C.C=Cc1ccccc1. The molecule has 0 amide bonds. The van der Waals surface area contributed by atoms with Gasteiger partial charge in [-0.1, -0.05) is 56.1 Å². The Morgan fingerprint density at radius 2 is 1.58 bits per heavy atom. The van der Waals surface area contributed by atoms with Gasteiger partial charge in [0, 0.05) is 11.6 Å². The predicted octanol–water partition coefficient (Wildman–Crippen LogP) is 4.58. The Balaban J connectivity index is 0. The van der Waals surface area contributed by atoms with Gasteiger partial charge in [0.2, 0.25) is 0 Å². The lowest BCUT2D eigenvalue weighted by Crippen LogP contribution is -2.22. The molecule has 4 heteroatoms. The second-order valence-electron chi connectivity index (χ2n) is 5.62. The highest BCUT2D eigenvalue weighted by atomic mass is 16.6. The van der Waals surface area contributed by atoms with Crippen LogP contribution in [0.4, 0.5) is 0 Å². The van der Waals surface area contributed by atoms with Crippen molar-refractivity contribution in [1.29, 1.82) is 0 Å². The third-order valence-corrected chi connectivity index (χ3v) is 2.14. The molecule has 0 aliphatic heterocycles. The highest BCUT2D eigenvalue weighted by molar-refractivity contribution is 5.86. The molecule has 0 saturated carbocycles. The fraction of sp³-hybridized carbons (Fsp3) is 0.300. The molecule has 1 rings (SSSR count). The number of rotatable bonds is 3. The van der Waals surface area contributed by atoms with Gasteiger partial charge in [-0.15, -0.1) is 0 Å². The summed E-state index contributed by atoms with van der Waals surface area (Å²) in [6.45, 7) is 17.3. The van der Waals surface area contributed by atoms with Crippen molar-refractivity contribution in [2.45, 2.75) is 33.3 Å². The first-order valence-corrected chi connectivity index (χ1v) is 7.34. The molecule has 1 aromatic carbocycles. The second-order valence-corrected chi connectivity index (χ2v) is 5.62. The Labute approximate surface area is 145 Å². The zero-order chi connectivity index (χ0) is 19.2. The molecule has 0 aromatic heterocycles. The molecule has 0 N–H and O–H groups in total. The van der Waals surface area contributed by atoms with E-state index >= 15 is 0 Å². The number of methoxy groups -OCH3 is 1. The maximum atomic E-state index is 10.5. The summed E-state index contributed by atoms with van der Waals surface area (Å²) in [7, 11) is 1.33. The highest BCUT2D eigenvalue weighted by Gasteiger charge is 2.12. The first-order valence-electron chi connectivity index (χ1n) is 7.34. The van der Waals surface area contributed by atoms with E-state index in [-0.39, 0.29) is 11.9 Å². The first-order chi connectivity index (χ1) is 11.1. The summed E-state index contributed by atoms with van der Waals surface area (Å²) in [5.74, 6) is -0.720. The van der Waals surface area contributed by atoms with Crippen LogP contribution in [0.1, 0.15) is 33.3 Å². The molecule has 0 saturated heterocycles. The van der Waals surface area contributed by atoms with E-state index in [0.29, 0.717) is 5.57 Å². The van der Waals surface area contributed by atoms with E-state index < -0.39 is 5.60 Å². The molecule has 0 radical (unpaired) electrons. The van der Waals surface area contributed by atoms with E-state index in [4.69, 9.17) is 4.74 Å². The van der Waals surface area contributed by atoms with Crippen molar-refractivity contribution >= 4 is 18.0 Å². The normalized spacial score (nSPS) is 9.04. The number of benzene rings is 1. The monoisotopic (exact) mass is 332 g/mol. The van der Waals surface area contributed by atoms with Crippen LogP contribution in [0.2, 0.25) is 0 Å². The van der Waals surface area contributed by atoms with Gasteiger partial charge in [0.25, 0.3) is 0 Å². The number of hydrogen-bond acceptors (Lipinski definition) is 4. The number of hydrogen-bond donors (Lipinski definition) is 0. The van der Waals surface area contributed by atoms with Crippen LogP contribution in [0.3, 0.4) is 0 Å². The topological polar surface area (TPSA) is 52.6 Å². The van der Waals surface area contributed by atoms with Gasteiger partial charge in [0.15, 0.2) is 0 Å². The zero-order valence-corrected chi connectivity index (χ0v) is 15.3. The maximum Gasteiger partial charge on any atom is 0.332 e. The molecule has 0 atom stereocenters. The van der Waals surface area contributed by atoms with Crippen molar-refractivity contribution in [3.63, 3.8) is 0 Å². The molecule has 24 heavy (non-hydrogen) atoms. The van der Waals surface area contributed by atoms with Crippen LogP contribution >= 0.6 is 0 Å². The lowest BCUT2D eigenvalue weighted by atomic mass is 10.2. The summed E-state index contributed by atoms with van der Waals surface area (Å²) in [6.07, 6.45) is 2.99. The third-order valence-electron chi connectivity index (χ3n) is 2.14. The zero-order valence-electron chi connectivity index (χ0n) is 15.3. The molecule has 0 aliphatic carbocycles. The average molecular weight is 332 g/mol. The van der Waals surface area contributed by atoms with Crippen LogP contribution in [0.15, 0.2) is 61.7 Å². The largest absolute Gasteiger partial charge is 0.466 e. The lowest BCUT2D eigenvalue weighted by Gasteiger charge is -2.17. The summed E-state index contributed by atoms with van der Waals surface area (Å²) in [5.41, 5.74) is 1.21. The van der Waals surface area contributed by atoms with Crippen LogP contribution in [0, 0.1) is 0 Å². The number of carbonyl (C=O) groups excluding carboxylic acids is 2. The summed E-state index contributed by atoms with van der Waals surface area (Å²) >= 11 is 0. The maximum absolute atomic E-state index is 10.5. The number of ether oxygens (including phenoxy) is 2. The number of esters is 2. The number of carbonyl (C=O) groups is 2. The van der Waals surface area contributed by atoms with Crippen LogP contribution < -0.4 is 0 Å². The third kappa shape index (κ3) is 15.8. The average Bonchev–Trinajstić information content (AvgIpc) is 2.54. The summed E-state index contributed by atoms with van der Waals surface area (Å²) < 4.78 is 9.10. The molecule has 0 bridgehead atoms. The molecule has 4 nitrogen and oxygen atoms in total. The van der Waals surface area contributed by atoms with Gasteiger partial charge in [-0.2, -0.15) is 0 Å². The highest BCUT2D eigenvalue weighted by Crippen LogP contribution is 2.06. The van der Waals surface area contributed by atoms with Crippen molar-refractivity contribution in [1.82, 2.24) is 0 Å². The summed E-state index contributed by atoms with van der Waals surface area (Å²) in [5, 5.41) is 0. The predicted molar refractivity (Wildman–Crippen MR) is 99.4 cm³/mol. The van der Waals surface area contributed by atoms with E-state index in [1.807, 2.05) is 57.2 Å². The van der Waals surface area contributed by atoms with Gasteiger partial charge >= 0.3 is 11.9 Å². The fourth-order valence-electron chi connectivity index (χ4n) is 1.11. The Bertz CT molecular complexity index is 537. The van der Waals surface area contributed by atoms with Gasteiger partial charge < -0.3 is 9.47 Å². The molecule has 0 spiro atoms. The van der Waals surface area contributed by atoms with Crippen molar-refractivity contribution in [2.75, 3.05) is 7.11 Å². The van der Waals surface area contributed by atoms with Crippen LogP contribution in [-0.2, 0) is 19.1 Å². The smallest absolute Gasteiger partial charge is 0.332 e. The Kier molecular flexibility index (Phi) is 12.7. The van der Waals surface area contributed by atoms with Gasteiger partial charge in [-0.25, -0.2) is 9.59 Å². The quantitative estimate of drug-likeness (QED) is 0.600. The van der Waals surface area contributed by atoms with Crippen molar-refractivity contribution in [2.24, 2.45) is 0 Å². The Morgan fingerprint density at radius 3 is 1.75 bits per heavy atom. The van der Waals surface area contributed by atoms with Gasteiger partial charge in [0.05, 0.1) is 7.11 Å². The minimum absolute atomic E-state index is 0.347. The van der Waals surface area contributed by atoms with Gasteiger partial charge in [-0.05, 0) is 33.3 Å². The Morgan fingerprint density at radius 1 is 1.08 bits per heavy atom. The summed E-state index contributed by atoms with van der Waals surface area (Å²) in [6, 6.07) is 10.0. The van der Waals surface area contributed by atoms with Crippen LogP contribution in [0.25, 0.3) is 6.08 Å². The standard InChI is InChI=1S/C8H8.C7H12O2.C5H8O2/c1-2-8-6-4-3-5-7-8;1-5-6(8)9-7(2,3)4;1-4(2)5(6)7-3/h2-7H,1H2;5H,1H2,2-4H3;1H2,2-3H3. The summed E-state index contributed by atoms with van der Waals surface area (Å²) in [4.78, 5) is 20.7.